The van der Waals surface area contributed by atoms with Gasteiger partial charge in [-0.1, -0.05) is 0 Å². The summed E-state index contributed by atoms with van der Waals surface area (Å²) >= 11 is 0.353. The molecule has 0 bridgehead atoms. The minimum absolute atomic E-state index is 0.184. The molecule has 78 valence electrons. The van der Waals surface area contributed by atoms with Crippen molar-refractivity contribution in [2.24, 2.45) is 4.99 Å². The molecule has 1 aromatic heterocycles. The summed E-state index contributed by atoms with van der Waals surface area (Å²) in [5.74, 6) is 0.184. The van der Waals surface area contributed by atoms with Crippen LogP contribution in [0, 0.1) is 0 Å². The maximum absolute atomic E-state index is 11.9. The van der Waals surface area contributed by atoms with Crippen LogP contribution < -0.4 is 0 Å². The number of aliphatic imine (C=N–C) groups is 1. The van der Waals surface area contributed by atoms with Crippen LogP contribution in [-0.4, -0.2) is 26.0 Å². The molecule has 0 spiro atoms. The normalized spacial score (nSPS) is 14.5. The molecular formula is C13H9NOSe. The molecule has 1 aromatic carbocycles. The van der Waals surface area contributed by atoms with E-state index >= 15 is 0 Å². The summed E-state index contributed by atoms with van der Waals surface area (Å²) in [6.07, 6.45) is 0.451. The first kappa shape index (κ1) is 9.76. The molecule has 0 atom stereocenters. The van der Waals surface area contributed by atoms with Crippen molar-refractivity contribution in [2.75, 3.05) is 0 Å². The van der Waals surface area contributed by atoms with Crippen molar-refractivity contribution < 1.29 is 4.79 Å². The van der Waals surface area contributed by atoms with Crippen LogP contribution >= 0.6 is 0 Å². The first-order chi connectivity index (χ1) is 7.84. The van der Waals surface area contributed by atoms with Crippen molar-refractivity contribution in [1.29, 1.82) is 0 Å². The second-order valence-electron chi connectivity index (χ2n) is 3.65. The molecule has 3 heteroatoms. The van der Waals surface area contributed by atoms with Crippen molar-refractivity contribution in [2.45, 2.75) is 6.42 Å². The molecule has 0 radical (unpaired) electrons. The van der Waals surface area contributed by atoms with Gasteiger partial charge in [-0.25, -0.2) is 0 Å². The molecule has 3 rings (SSSR count). The Morgan fingerprint density at radius 1 is 1.12 bits per heavy atom. The van der Waals surface area contributed by atoms with E-state index in [-0.39, 0.29) is 5.78 Å². The van der Waals surface area contributed by atoms with Crippen molar-refractivity contribution in [1.82, 2.24) is 0 Å². The first-order valence-corrected chi connectivity index (χ1v) is 6.93. The third kappa shape index (κ3) is 1.58. The summed E-state index contributed by atoms with van der Waals surface area (Å²) in [6, 6.07) is 11.7. The van der Waals surface area contributed by atoms with Gasteiger partial charge in [0.05, 0.1) is 0 Å². The second-order valence-corrected chi connectivity index (χ2v) is 5.64. The van der Waals surface area contributed by atoms with Crippen molar-refractivity contribution in [3.63, 3.8) is 0 Å². The third-order valence-corrected chi connectivity index (χ3v) is 4.52. The maximum atomic E-state index is 11.9. The van der Waals surface area contributed by atoms with Crippen molar-refractivity contribution >= 4 is 31.7 Å². The van der Waals surface area contributed by atoms with Crippen LogP contribution in [0.15, 0.2) is 46.3 Å². The number of hydrogen-bond acceptors (Lipinski definition) is 2. The SMILES string of the molecule is O=C1CC(c2ccc[se]2)=Nc2ccccc21. The zero-order chi connectivity index (χ0) is 11.0. The Morgan fingerprint density at radius 3 is 2.81 bits per heavy atom. The first-order valence-electron chi connectivity index (χ1n) is 5.08. The number of benzene rings is 1. The van der Waals surface area contributed by atoms with Gasteiger partial charge >= 0.3 is 99.2 Å². The molecule has 0 saturated carbocycles. The van der Waals surface area contributed by atoms with Gasteiger partial charge in [-0.3, -0.25) is 0 Å². The fourth-order valence-corrected chi connectivity index (χ4v) is 3.32. The molecule has 16 heavy (non-hydrogen) atoms. The number of ketones is 1. The van der Waals surface area contributed by atoms with Gasteiger partial charge in [0, 0.05) is 0 Å². The predicted octanol–water partition coefficient (Wildman–Crippen LogP) is 2.45. The topological polar surface area (TPSA) is 29.4 Å². The number of nitrogens with zero attached hydrogens (tertiary/aromatic N) is 1. The van der Waals surface area contributed by atoms with Gasteiger partial charge in [0.1, 0.15) is 0 Å². The zero-order valence-corrected chi connectivity index (χ0v) is 10.2. The number of hydrogen-bond donors (Lipinski definition) is 0. The summed E-state index contributed by atoms with van der Waals surface area (Å²) in [5, 5.41) is 0. The van der Waals surface area contributed by atoms with E-state index in [0.717, 1.165) is 17.0 Å². The van der Waals surface area contributed by atoms with E-state index in [9.17, 15) is 4.79 Å². The average molecular weight is 274 g/mol. The molecule has 0 saturated heterocycles. The third-order valence-electron chi connectivity index (χ3n) is 2.59. The van der Waals surface area contributed by atoms with Crippen LogP contribution in [0.25, 0.3) is 0 Å². The molecular weight excluding hydrogens is 265 g/mol. The molecule has 0 unspecified atom stereocenters. The van der Waals surface area contributed by atoms with E-state index in [1.807, 2.05) is 30.3 Å². The van der Waals surface area contributed by atoms with Gasteiger partial charge < -0.3 is 0 Å². The number of Topliss-reactive ketones (excluding diaryl/α,β-unsaturated/α-hetero) is 1. The summed E-state index contributed by atoms with van der Waals surface area (Å²) < 4.78 is 1.23. The molecule has 0 N–H and O–H groups in total. The van der Waals surface area contributed by atoms with Gasteiger partial charge in [0.25, 0.3) is 0 Å². The molecule has 2 heterocycles. The standard InChI is InChI=1S/C13H9NOSe/c15-12-8-11(13-6-3-7-16-13)14-10-5-2-1-4-9(10)12/h1-7H,8H2. The number of fused-ring (bicyclic) bond motifs is 1. The predicted molar refractivity (Wildman–Crippen MR) is 65.0 cm³/mol. The van der Waals surface area contributed by atoms with E-state index in [1.165, 1.54) is 4.44 Å². The fraction of sp³-hybridized carbons (Fsp3) is 0.0769. The number of carbonyl (C=O) groups is 1. The Bertz CT molecular complexity index is 569. The molecule has 0 amide bonds. The van der Waals surface area contributed by atoms with Crippen molar-refractivity contribution in [3.05, 3.63) is 51.3 Å². The molecule has 1 aliphatic heterocycles. The Hall–Kier alpha value is -1.44. The van der Waals surface area contributed by atoms with Crippen LogP contribution in [0.2, 0.25) is 0 Å². The van der Waals surface area contributed by atoms with Crippen LogP contribution in [0.1, 0.15) is 21.2 Å². The monoisotopic (exact) mass is 275 g/mol. The molecule has 0 aliphatic carbocycles. The quantitative estimate of drug-likeness (QED) is 0.734. The summed E-state index contributed by atoms with van der Waals surface area (Å²) in [7, 11) is 0. The van der Waals surface area contributed by atoms with Crippen LogP contribution in [-0.2, 0) is 0 Å². The minimum atomic E-state index is 0.184. The van der Waals surface area contributed by atoms with Gasteiger partial charge in [-0.2, -0.15) is 0 Å². The fourth-order valence-electron chi connectivity index (χ4n) is 1.82. The van der Waals surface area contributed by atoms with E-state index < -0.39 is 0 Å². The van der Waals surface area contributed by atoms with Crippen LogP contribution in [0.5, 0.6) is 0 Å². The Kier molecular flexibility index (Phi) is 2.35. The van der Waals surface area contributed by atoms with Crippen molar-refractivity contribution in [3.8, 4) is 0 Å². The Labute approximate surface area is 99.4 Å². The van der Waals surface area contributed by atoms with Gasteiger partial charge in [-0.05, 0) is 0 Å². The van der Waals surface area contributed by atoms with Gasteiger partial charge in [0.2, 0.25) is 0 Å². The number of rotatable bonds is 1. The summed E-state index contributed by atoms with van der Waals surface area (Å²) in [4.78, 5) is 18.7. The van der Waals surface area contributed by atoms with Gasteiger partial charge in [-0.15, -0.1) is 0 Å². The zero-order valence-electron chi connectivity index (χ0n) is 8.51. The molecule has 2 nitrogen and oxygen atoms in total. The Morgan fingerprint density at radius 2 is 2.00 bits per heavy atom. The summed E-state index contributed by atoms with van der Waals surface area (Å²) in [5.41, 5.74) is 2.52. The average Bonchev–Trinajstić information content (AvgIpc) is 2.82. The van der Waals surface area contributed by atoms with Gasteiger partial charge in [0.15, 0.2) is 0 Å². The van der Waals surface area contributed by atoms with E-state index in [0.29, 0.717) is 20.9 Å². The van der Waals surface area contributed by atoms with E-state index in [1.54, 1.807) is 0 Å². The number of para-hydroxylation sites is 1. The molecule has 1 aliphatic rings. The summed E-state index contributed by atoms with van der Waals surface area (Å²) in [6.45, 7) is 0. The van der Waals surface area contributed by atoms with Crippen LogP contribution in [0.4, 0.5) is 5.69 Å². The molecule has 0 fully saturated rings. The number of carbonyl (C=O) groups excluding carboxylic acids is 1. The van der Waals surface area contributed by atoms with E-state index in [2.05, 4.69) is 16.0 Å². The van der Waals surface area contributed by atoms with E-state index in [4.69, 9.17) is 0 Å². The molecule has 2 aromatic rings. The Balaban J connectivity index is 2.13. The van der Waals surface area contributed by atoms with Crippen LogP contribution in [0.3, 0.4) is 0 Å². The second kappa shape index (κ2) is 3.85.